The molecule has 5 aromatic rings. The Labute approximate surface area is 412 Å². The molecule has 0 aliphatic heterocycles. The Hall–Kier alpha value is -7.88. The van der Waals surface area contributed by atoms with Crippen LogP contribution in [0, 0.1) is 10.8 Å². The molecule has 0 saturated carbocycles. The van der Waals surface area contributed by atoms with E-state index in [0.29, 0.717) is 11.5 Å². The van der Waals surface area contributed by atoms with Crippen molar-refractivity contribution < 1.29 is 66.7 Å². The zero-order chi connectivity index (χ0) is 51.0. The van der Waals surface area contributed by atoms with E-state index in [4.69, 9.17) is 47.9 Å². The van der Waals surface area contributed by atoms with Gasteiger partial charge in [0, 0.05) is 28.5 Å². The average molecular weight is 971 g/mol. The van der Waals surface area contributed by atoms with Crippen molar-refractivity contribution in [3.05, 3.63) is 145 Å². The number of hydrogen-bond acceptors (Lipinski definition) is 16. The third-order valence-electron chi connectivity index (χ3n) is 11.2. The molecule has 0 fully saturated rings. The van der Waals surface area contributed by atoms with E-state index in [9.17, 15) is 28.8 Å². The van der Waals surface area contributed by atoms with Crippen LogP contribution in [0.1, 0.15) is 75.8 Å². The number of rotatable bonds is 26. The van der Waals surface area contributed by atoms with Crippen LogP contribution in [-0.4, -0.2) is 98.6 Å². The molecular weight excluding hydrogens is 913 g/mol. The first kappa shape index (κ1) is 52.5. The standard InChI is InChI=1S/C55H58N2O14/c1-7-45(58)68-33-53(3,4)35-70-49(62)27-25-47(60)66-31-29-64-39-21-17-37(18-22-39)55(42-14-10-9-13-41(42)51-52(55)57-44-16-12-11-15-43(44)56-51)38-19-23-40(24-20-38)65-30-32-67-48(61)26-28-50(63)71-36-54(5,6)34-69-46(59)8-2/h7-24H,1-2,25-36H2,3-6H3. The van der Waals surface area contributed by atoms with Crippen molar-refractivity contribution in [3.63, 3.8) is 0 Å². The molecule has 0 bridgehead atoms. The second-order valence-electron chi connectivity index (χ2n) is 18.2. The van der Waals surface area contributed by atoms with Crippen LogP contribution in [0.3, 0.4) is 0 Å². The van der Waals surface area contributed by atoms with Gasteiger partial charge in [0.25, 0.3) is 0 Å². The third kappa shape index (κ3) is 14.1. The third-order valence-corrected chi connectivity index (χ3v) is 11.2. The van der Waals surface area contributed by atoms with Crippen LogP contribution in [0.5, 0.6) is 11.5 Å². The fourth-order valence-electron chi connectivity index (χ4n) is 7.56. The van der Waals surface area contributed by atoms with Crippen LogP contribution < -0.4 is 9.47 Å². The SMILES string of the molecule is C=CC(=O)OCC(C)(C)COC(=O)CCC(=O)OCCOc1ccc(C2(c3ccc(OCCOC(=O)CCC(=O)OCC(C)(C)COC(=O)C=C)cc3)c3ccccc3-c3nc4ccccc4nc32)cc1. The molecule has 0 amide bonds. The van der Waals surface area contributed by atoms with E-state index < -0.39 is 52.1 Å². The minimum Gasteiger partial charge on any atom is -0.490 e. The molecule has 16 nitrogen and oxygen atoms in total. The van der Waals surface area contributed by atoms with Gasteiger partial charge >= 0.3 is 35.8 Å². The van der Waals surface area contributed by atoms with Crippen molar-refractivity contribution in [2.45, 2.75) is 58.8 Å². The van der Waals surface area contributed by atoms with E-state index in [0.717, 1.165) is 56.8 Å². The van der Waals surface area contributed by atoms with E-state index >= 15 is 0 Å². The summed E-state index contributed by atoms with van der Waals surface area (Å²) in [5.74, 6) is -2.37. The quantitative estimate of drug-likeness (QED) is 0.0219. The highest BCUT2D eigenvalue weighted by atomic mass is 16.6. The van der Waals surface area contributed by atoms with Gasteiger partial charge in [-0.2, -0.15) is 0 Å². The first-order chi connectivity index (χ1) is 34.0. The van der Waals surface area contributed by atoms with E-state index in [1.54, 1.807) is 27.7 Å². The number of fused-ring (bicyclic) bond motifs is 4. The van der Waals surface area contributed by atoms with Crippen molar-refractivity contribution >= 4 is 46.8 Å². The number of benzene rings is 4. The lowest BCUT2D eigenvalue weighted by Crippen LogP contribution is -2.29. The van der Waals surface area contributed by atoms with Gasteiger partial charge in [-0.05, 0) is 53.1 Å². The summed E-state index contributed by atoms with van der Waals surface area (Å²) >= 11 is 0. The zero-order valence-electron chi connectivity index (χ0n) is 40.4. The lowest BCUT2D eigenvalue weighted by molar-refractivity contribution is -0.154. The van der Waals surface area contributed by atoms with Crippen LogP contribution in [0.4, 0.5) is 0 Å². The first-order valence-electron chi connectivity index (χ1n) is 23.1. The van der Waals surface area contributed by atoms with Crippen LogP contribution in [0.15, 0.2) is 122 Å². The Balaban J connectivity index is 1.06. The first-order valence-corrected chi connectivity index (χ1v) is 23.1. The van der Waals surface area contributed by atoms with Gasteiger partial charge in [-0.15, -0.1) is 0 Å². The summed E-state index contributed by atoms with van der Waals surface area (Å²) in [6, 6.07) is 31.1. The Kier molecular flexibility index (Phi) is 17.8. The molecule has 372 valence electrons. The van der Waals surface area contributed by atoms with E-state index in [1.807, 2.05) is 91.0 Å². The molecule has 1 aliphatic carbocycles. The van der Waals surface area contributed by atoms with Crippen molar-refractivity contribution in [1.82, 2.24) is 9.97 Å². The van der Waals surface area contributed by atoms with E-state index in [-0.39, 0.29) is 78.5 Å². The summed E-state index contributed by atoms with van der Waals surface area (Å²) in [6.45, 7) is 13.9. The highest BCUT2D eigenvalue weighted by Gasteiger charge is 2.48. The number of para-hydroxylation sites is 2. The monoisotopic (exact) mass is 970 g/mol. The second-order valence-corrected chi connectivity index (χ2v) is 18.2. The largest absolute Gasteiger partial charge is 0.490 e. The van der Waals surface area contributed by atoms with Crippen LogP contribution >= 0.6 is 0 Å². The number of hydrogen-bond donors (Lipinski definition) is 0. The van der Waals surface area contributed by atoms with Crippen molar-refractivity contribution in [3.8, 4) is 22.8 Å². The van der Waals surface area contributed by atoms with E-state index in [2.05, 4.69) is 19.2 Å². The van der Waals surface area contributed by atoms with E-state index in [1.165, 1.54) is 0 Å². The Bertz CT molecular complexity index is 2610. The summed E-state index contributed by atoms with van der Waals surface area (Å²) in [5.41, 5.74) is 4.55. The van der Waals surface area contributed by atoms with Crippen molar-refractivity contribution in [2.75, 3.05) is 52.9 Å². The van der Waals surface area contributed by atoms with Crippen molar-refractivity contribution in [1.29, 1.82) is 0 Å². The summed E-state index contributed by atoms with van der Waals surface area (Å²) in [5, 5.41) is 0. The van der Waals surface area contributed by atoms with Gasteiger partial charge in [0.1, 0.15) is 37.9 Å². The van der Waals surface area contributed by atoms with Gasteiger partial charge in [0.15, 0.2) is 0 Å². The Morgan fingerprint density at radius 1 is 0.493 bits per heavy atom. The number of aromatic nitrogens is 2. The predicted molar refractivity (Wildman–Crippen MR) is 260 cm³/mol. The van der Waals surface area contributed by atoms with Gasteiger partial charge in [0.05, 0.1) is 79.9 Å². The molecule has 71 heavy (non-hydrogen) atoms. The molecule has 0 atom stereocenters. The number of esters is 6. The fourth-order valence-corrected chi connectivity index (χ4v) is 7.56. The Morgan fingerprint density at radius 3 is 1.34 bits per heavy atom. The molecule has 6 rings (SSSR count). The molecule has 0 radical (unpaired) electrons. The molecule has 16 heteroatoms. The van der Waals surface area contributed by atoms with Gasteiger partial charge in [-0.3, -0.25) is 19.2 Å². The summed E-state index contributed by atoms with van der Waals surface area (Å²) in [6.07, 6.45) is 1.42. The second kappa shape index (κ2) is 24.1. The smallest absolute Gasteiger partial charge is 0.330 e. The molecule has 1 aromatic heterocycles. The maximum Gasteiger partial charge on any atom is 0.330 e. The van der Waals surface area contributed by atoms with Gasteiger partial charge in [0.2, 0.25) is 0 Å². The minimum absolute atomic E-state index is 0.000574. The van der Waals surface area contributed by atoms with Gasteiger partial charge in [-0.25, -0.2) is 19.6 Å². The topological polar surface area (TPSA) is 202 Å². The summed E-state index contributed by atoms with van der Waals surface area (Å²) in [7, 11) is 0. The lowest BCUT2D eigenvalue weighted by Gasteiger charge is -2.32. The normalized spacial score (nSPS) is 12.3. The summed E-state index contributed by atoms with van der Waals surface area (Å²) < 4.78 is 43.2. The Morgan fingerprint density at radius 2 is 0.887 bits per heavy atom. The predicted octanol–water partition coefficient (Wildman–Crippen LogP) is 7.99. The number of nitrogens with zero attached hydrogens (tertiary/aromatic N) is 2. The molecular formula is C55H58N2O14. The van der Waals surface area contributed by atoms with Gasteiger partial charge in [-0.1, -0.05) is 102 Å². The van der Waals surface area contributed by atoms with Crippen LogP contribution in [0.2, 0.25) is 0 Å². The van der Waals surface area contributed by atoms with Crippen LogP contribution in [-0.2, 0) is 62.6 Å². The summed E-state index contributed by atoms with van der Waals surface area (Å²) in [4.78, 5) is 82.6. The molecule has 4 aromatic carbocycles. The molecule has 0 unspecified atom stereocenters. The highest BCUT2D eigenvalue weighted by Crippen LogP contribution is 2.55. The maximum atomic E-state index is 12.4. The molecule has 0 spiro atoms. The fraction of sp³-hybridized carbons (Fsp3) is 0.345. The van der Waals surface area contributed by atoms with Crippen LogP contribution in [0.25, 0.3) is 22.3 Å². The lowest BCUT2D eigenvalue weighted by atomic mass is 9.69. The number of carbonyl (C=O) groups is 6. The average Bonchev–Trinajstić information content (AvgIpc) is 3.66. The molecule has 1 heterocycles. The van der Waals surface area contributed by atoms with Gasteiger partial charge < -0.3 is 37.9 Å². The molecule has 1 aliphatic rings. The number of ether oxygens (including phenoxy) is 8. The number of carbonyl (C=O) groups excluding carboxylic acids is 6. The highest BCUT2D eigenvalue weighted by molar-refractivity contribution is 5.88. The zero-order valence-corrected chi connectivity index (χ0v) is 40.4. The molecule has 0 saturated heterocycles. The molecule has 0 N–H and O–H groups in total. The minimum atomic E-state index is -0.921. The maximum absolute atomic E-state index is 12.4. The van der Waals surface area contributed by atoms with Crippen molar-refractivity contribution in [2.24, 2.45) is 10.8 Å².